The fourth-order valence-corrected chi connectivity index (χ4v) is 4.16. The number of fused-ring (bicyclic) bond motifs is 1. The average Bonchev–Trinajstić information content (AvgIpc) is 2.68. The van der Waals surface area contributed by atoms with Crippen molar-refractivity contribution in [3.8, 4) is 0 Å². The maximum atomic E-state index is 6.28. The van der Waals surface area contributed by atoms with E-state index in [9.17, 15) is 0 Å². The third kappa shape index (κ3) is 4.13. The van der Waals surface area contributed by atoms with Crippen LogP contribution in [0, 0.1) is 0 Å². The zero-order valence-corrected chi connectivity index (χ0v) is 14.0. The van der Waals surface area contributed by atoms with Crippen molar-refractivity contribution in [2.45, 2.75) is 38.1 Å². The fraction of sp³-hybridized carbons (Fsp3) is 0.647. The Hall–Kier alpha value is -0.280. The van der Waals surface area contributed by atoms with Crippen LogP contribution in [0.25, 0.3) is 0 Å². The van der Waals surface area contributed by atoms with Gasteiger partial charge in [-0.15, -0.1) is 0 Å². The Morgan fingerprint density at radius 3 is 2.76 bits per heavy atom. The van der Waals surface area contributed by atoms with Crippen molar-refractivity contribution in [3.63, 3.8) is 0 Å². The van der Waals surface area contributed by atoms with Crippen LogP contribution in [0.3, 0.4) is 0 Å². The molecule has 0 bridgehead atoms. The van der Waals surface area contributed by atoms with Crippen LogP contribution in [-0.2, 0) is 6.42 Å². The molecule has 2 nitrogen and oxygen atoms in total. The maximum absolute atomic E-state index is 6.28. The van der Waals surface area contributed by atoms with E-state index in [0.29, 0.717) is 0 Å². The minimum Gasteiger partial charge on any atom is -0.301 e. The standard InChI is InChI=1S/C17H24Cl2N2/c18-15-6-5-14(17(19)12-15)7-11-20-8-3-10-21-9-2-1-4-16(21)13-20/h5-6,12,16H,1-4,7-11,13H2. The quantitative estimate of drug-likeness (QED) is 0.825. The summed E-state index contributed by atoms with van der Waals surface area (Å²) in [5.41, 5.74) is 1.21. The highest BCUT2D eigenvalue weighted by molar-refractivity contribution is 6.35. The predicted octanol–water partition coefficient (Wildman–Crippen LogP) is 4.10. The van der Waals surface area contributed by atoms with Crippen LogP contribution in [0.4, 0.5) is 0 Å². The Morgan fingerprint density at radius 2 is 1.90 bits per heavy atom. The van der Waals surface area contributed by atoms with Crippen LogP contribution < -0.4 is 0 Å². The van der Waals surface area contributed by atoms with Crippen molar-refractivity contribution in [3.05, 3.63) is 33.8 Å². The second kappa shape index (κ2) is 7.32. The molecule has 0 amide bonds. The van der Waals surface area contributed by atoms with Gasteiger partial charge in [0.2, 0.25) is 0 Å². The third-order valence-electron chi connectivity index (χ3n) is 4.85. The van der Waals surface area contributed by atoms with Crippen LogP contribution in [0.15, 0.2) is 18.2 Å². The summed E-state index contributed by atoms with van der Waals surface area (Å²) >= 11 is 12.2. The summed E-state index contributed by atoms with van der Waals surface area (Å²) in [5.74, 6) is 0. The lowest BCUT2D eigenvalue weighted by Crippen LogP contribution is -2.44. The minimum atomic E-state index is 0.719. The molecule has 4 heteroatoms. The Labute approximate surface area is 138 Å². The lowest BCUT2D eigenvalue weighted by molar-refractivity contribution is 0.137. The van der Waals surface area contributed by atoms with Crippen LogP contribution in [-0.4, -0.2) is 48.6 Å². The summed E-state index contributed by atoms with van der Waals surface area (Å²) in [4.78, 5) is 5.33. The molecule has 0 saturated carbocycles. The van der Waals surface area contributed by atoms with Crippen molar-refractivity contribution in [2.75, 3.05) is 32.7 Å². The van der Waals surface area contributed by atoms with Crippen LogP contribution in [0.2, 0.25) is 10.0 Å². The number of benzene rings is 1. The highest BCUT2D eigenvalue weighted by Gasteiger charge is 2.26. The lowest BCUT2D eigenvalue weighted by Gasteiger charge is -2.35. The molecule has 2 aliphatic rings. The molecule has 1 aromatic carbocycles. The number of piperidine rings is 1. The molecule has 0 spiro atoms. The first-order valence-electron chi connectivity index (χ1n) is 8.13. The van der Waals surface area contributed by atoms with E-state index >= 15 is 0 Å². The van der Waals surface area contributed by atoms with Gasteiger partial charge in [0.05, 0.1) is 0 Å². The Kier molecular flexibility index (Phi) is 5.44. The van der Waals surface area contributed by atoms with Crippen molar-refractivity contribution >= 4 is 23.2 Å². The van der Waals surface area contributed by atoms with E-state index in [-0.39, 0.29) is 0 Å². The Bertz CT molecular complexity index is 478. The number of halogens is 2. The predicted molar refractivity (Wildman–Crippen MR) is 90.4 cm³/mol. The fourth-order valence-electron chi connectivity index (χ4n) is 3.65. The van der Waals surface area contributed by atoms with E-state index in [1.54, 1.807) is 0 Å². The molecule has 0 N–H and O–H groups in total. The molecule has 116 valence electrons. The summed E-state index contributed by atoms with van der Waals surface area (Å²) in [5, 5.41) is 1.52. The zero-order valence-electron chi connectivity index (χ0n) is 12.5. The van der Waals surface area contributed by atoms with Crippen molar-refractivity contribution in [2.24, 2.45) is 0 Å². The van der Waals surface area contributed by atoms with E-state index in [4.69, 9.17) is 23.2 Å². The Morgan fingerprint density at radius 1 is 1.05 bits per heavy atom. The average molecular weight is 327 g/mol. The van der Waals surface area contributed by atoms with Gasteiger partial charge in [-0.25, -0.2) is 0 Å². The molecule has 1 unspecified atom stereocenters. The molecule has 0 aliphatic carbocycles. The number of rotatable bonds is 3. The second-order valence-electron chi connectivity index (χ2n) is 6.33. The van der Waals surface area contributed by atoms with Gasteiger partial charge in [-0.1, -0.05) is 35.7 Å². The maximum Gasteiger partial charge on any atom is 0.0453 e. The van der Waals surface area contributed by atoms with Gasteiger partial charge in [0.1, 0.15) is 0 Å². The molecule has 2 aliphatic heterocycles. The molecule has 1 aromatic rings. The van der Waals surface area contributed by atoms with Gasteiger partial charge in [-0.2, -0.15) is 0 Å². The normalized spacial score (nSPS) is 24.6. The van der Waals surface area contributed by atoms with Crippen molar-refractivity contribution in [1.82, 2.24) is 9.80 Å². The molecule has 3 rings (SSSR count). The summed E-state index contributed by atoms with van der Waals surface area (Å²) in [6.45, 7) is 6.14. The summed E-state index contributed by atoms with van der Waals surface area (Å²) in [6.07, 6.45) is 6.47. The Balaban J connectivity index is 1.57. The summed E-state index contributed by atoms with van der Waals surface area (Å²) in [6, 6.07) is 6.63. The molecule has 2 fully saturated rings. The molecule has 0 aromatic heterocycles. The molecule has 21 heavy (non-hydrogen) atoms. The van der Waals surface area contributed by atoms with Gasteiger partial charge >= 0.3 is 0 Å². The SMILES string of the molecule is Clc1ccc(CCN2CCCN3CCCCC3C2)c(Cl)c1. The van der Waals surface area contributed by atoms with Crippen molar-refractivity contribution in [1.29, 1.82) is 0 Å². The zero-order chi connectivity index (χ0) is 14.7. The molecular formula is C17H24Cl2N2. The summed E-state index contributed by atoms with van der Waals surface area (Å²) < 4.78 is 0. The smallest absolute Gasteiger partial charge is 0.0453 e. The van der Waals surface area contributed by atoms with Gasteiger partial charge in [0.25, 0.3) is 0 Å². The molecule has 1 atom stereocenters. The lowest BCUT2D eigenvalue weighted by atomic mass is 10.0. The topological polar surface area (TPSA) is 6.48 Å². The monoisotopic (exact) mass is 326 g/mol. The summed E-state index contributed by atoms with van der Waals surface area (Å²) in [7, 11) is 0. The van der Waals surface area contributed by atoms with Gasteiger partial charge in [0.15, 0.2) is 0 Å². The number of hydrogen-bond acceptors (Lipinski definition) is 2. The molecule has 2 heterocycles. The van der Waals surface area contributed by atoms with E-state index in [1.165, 1.54) is 57.4 Å². The first-order chi connectivity index (χ1) is 10.2. The minimum absolute atomic E-state index is 0.719. The van der Waals surface area contributed by atoms with Gasteiger partial charge in [-0.05, 0) is 63.0 Å². The van der Waals surface area contributed by atoms with Gasteiger partial charge in [-0.3, -0.25) is 4.90 Å². The molecular weight excluding hydrogens is 303 g/mol. The van der Waals surface area contributed by atoms with E-state index in [1.807, 2.05) is 12.1 Å². The first kappa shape index (κ1) is 15.6. The van der Waals surface area contributed by atoms with E-state index < -0.39 is 0 Å². The van der Waals surface area contributed by atoms with E-state index in [2.05, 4.69) is 15.9 Å². The third-order valence-corrected chi connectivity index (χ3v) is 5.44. The highest BCUT2D eigenvalue weighted by atomic mass is 35.5. The number of nitrogens with zero attached hydrogens (tertiary/aromatic N) is 2. The van der Waals surface area contributed by atoms with Crippen LogP contribution >= 0.6 is 23.2 Å². The van der Waals surface area contributed by atoms with E-state index in [0.717, 1.165) is 29.1 Å². The molecule has 2 saturated heterocycles. The van der Waals surface area contributed by atoms with Crippen LogP contribution in [0.1, 0.15) is 31.2 Å². The molecule has 0 radical (unpaired) electrons. The second-order valence-corrected chi connectivity index (χ2v) is 7.17. The number of hydrogen-bond donors (Lipinski definition) is 0. The first-order valence-corrected chi connectivity index (χ1v) is 8.88. The van der Waals surface area contributed by atoms with Crippen LogP contribution in [0.5, 0.6) is 0 Å². The van der Waals surface area contributed by atoms with Crippen molar-refractivity contribution < 1.29 is 0 Å². The largest absolute Gasteiger partial charge is 0.301 e. The highest BCUT2D eigenvalue weighted by Crippen LogP contribution is 2.23. The van der Waals surface area contributed by atoms with Gasteiger partial charge in [0, 0.05) is 29.2 Å². The van der Waals surface area contributed by atoms with Gasteiger partial charge < -0.3 is 4.90 Å².